The third kappa shape index (κ3) is 2.41. The molecule has 1 aliphatic heterocycles. The minimum Gasteiger partial charge on any atom is -0.395 e. The van der Waals surface area contributed by atoms with Gasteiger partial charge in [-0.1, -0.05) is 13.8 Å². The average molecular weight is 276 g/mol. The first-order chi connectivity index (χ1) is 9.58. The second kappa shape index (κ2) is 5.11. The molecule has 1 saturated heterocycles. The van der Waals surface area contributed by atoms with Crippen LogP contribution in [0.1, 0.15) is 61.6 Å². The van der Waals surface area contributed by atoms with Crippen molar-refractivity contribution in [3.05, 3.63) is 11.4 Å². The number of nitrogens with two attached hydrogens (primary N) is 1. The molecule has 1 amide bonds. The van der Waals surface area contributed by atoms with E-state index in [-0.39, 0.29) is 5.91 Å². The predicted molar refractivity (Wildman–Crippen MR) is 78.4 cm³/mol. The van der Waals surface area contributed by atoms with Crippen LogP contribution in [0.4, 0.5) is 5.69 Å². The number of nitrogens with zero attached hydrogens (tertiary/aromatic N) is 2. The Labute approximate surface area is 119 Å². The molecule has 1 aliphatic carbocycles. The third-order valence-corrected chi connectivity index (χ3v) is 4.79. The van der Waals surface area contributed by atoms with Gasteiger partial charge in [-0.05, 0) is 37.5 Å². The van der Waals surface area contributed by atoms with Crippen LogP contribution in [0.2, 0.25) is 0 Å². The van der Waals surface area contributed by atoms with Crippen LogP contribution in [0.5, 0.6) is 0 Å². The maximum Gasteiger partial charge on any atom is 0.276 e. The lowest BCUT2D eigenvalue weighted by Crippen LogP contribution is -2.39. The van der Waals surface area contributed by atoms with E-state index in [1.54, 1.807) is 0 Å². The van der Waals surface area contributed by atoms with Gasteiger partial charge in [-0.3, -0.25) is 9.89 Å². The van der Waals surface area contributed by atoms with Gasteiger partial charge in [0.25, 0.3) is 5.91 Å². The number of hydrogen-bond donors (Lipinski definition) is 2. The number of H-pyrrole nitrogens is 1. The van der Waals surface area contributed by atoms with Crippen LogP contribution in [-0.4, -0.2) is 34.1 Å². The minimum atomic E-state index is -0.00661. The molecule has 2 aliphatic rings. The maximum absolute atomic E-state index is 12.5. The molecule has 0 bridgehead atoms. The van der Waals surface area contributed by atoms with Crippen LogP contribution >= 0.6 is 0 Å². The molecule has 0 radical (unpaired) electrons. The summed E-state index contributed by atoms with van der Waals surface area (Å²) in [4.78, 5) is 14.4. The standard InChI is InChI=1S/C15H24N4O/c1-9(2)10-5-7-19(8-6-10)15(20)14-12(16)13(17-18-14)11-3-4-11/h9-11H,3-8,16H2,1-2H3,(H,17,18). The summed E-state index contributed by atoms with van der Waals surface area (Å²) in [6, 6.07) is 0. The number of aromatic nitrogens is 2. The Morgan fingerprint density at radius 3 is 2.50 bits per heavy atom. The molecule has 20 heavy (non-hydrogen) atoms. The molecule has 1 aromatic rings. The number of rotatable bonds is 3. The molecule has 3 N–H and O–H groups in total. The number of carbonyl (C=O) groups is 1. The normalized spacial score (nSPS) is 20.6. The summed E-state index contributed by atoms with van der Waals surface area (Å²) in [5.41, 5.74) is 8.05. The molecule has 0 unspecified atom stereocenters. The number of hydrogen-bond acceptors (Lipinski definition) is 3. The zero-order valence-electron chi connectivity index (χ0n) is 12.4. The zero-order valence-corrected chi connectivity index (χ0v) is 12.4. The molecule has 0 aromatic carbocycles. The van der Waals surface area contributed by atoms with E-state index in [0.717, 1.165) is 50.4 Å². The predicted octanol–water partition coefficient (Wildman–Crippen LogP) is 2.38. The molecule has 5 heteroatoms. The van der Waals surface area contributed by atoms with Gasteiger partial charge in [0.15, 0.2) is 5.69 Å². The Bertz CT molecular complexity index is 496. The van der Waals surface area contributed by atoms with E-state index in [1.807, 2.05) is 4.90 Å². The van der Waals surface area contributed by atoms with Gasteiger partial charge in [0.05, 0.1) is 11.4 Å². The Hall–Kier alpha value is -1.52. The monoisotopic (exact) mass is 276 g/mol. The molecular formula is C15H24N4O. The molecule has 0 spiro atoms. The highest BCUT2D eigenvalue weighted by atomic mass is 16.2. The second-order valence-electron chi connectivity index (χ2n) is 6.55. The Kier molecular flexibility index (Phi) is 3.44. The van der Waals surface area contributed by atoms with E-state index < -0.39 is 0 Å². The summed E-state index contributed by atoms with van der Waals surface area (Å²) >= 11 is 0. The molecule has 110 valence electrons. The zero-order chi connectivity index (χ0) is 14.3. The first-order valence-corrected chi connectivity index (χ1v) is 7.71. The Morgan fingerprint density at radius 2 is 1.95 bits per heavy atom. The number of anilines is 1. The highest BCUT2D eigenvalue weighted by molar-refractivity contribution is 5.97. The van der Waals surface area contributed by atoms with Gasteiger partial charge in [-0.25, -0.2) is 0 Å². The lowest BCUT2D eigenvalue weighted by molar-refractivity contribution is 0.0663. The van der Waals surface area contributed by atoms with Gasteiger partial charge in [0.2, 0.25) is 0 Å². The van der Waals surface area contributed by atoms with E-state index in [0.29, 0.717) is 23.2 Å². The fraction of sp³-hybridized carbons (Fsp3) is 0.733. The van der Waals surface area contributed by atoms with Crippen molar-refractivity contribution in [1.82, 2.24) is 15.1 Å². The van der Waals surface area contributed by atoms with Crippen LogP contribution in [0.25, 0.3) is 0 Å². The number of aromatic amines is 1. The number of likely N-dealkylation sites (tertiary alicyclic amines) is 1. The van der Waals surface area contributed by atoms with E-state index in [4.69, 9.17) is 5.73 Å². The summed E-state index contributed by atoms with van der Waals surface area (Å²) in [6.45, 7) is 6.17. The summed E-state index contributed by atoms with van der Waals surface area (Å²) in [7, 11) is 0. The minimum absolute atomic E-state index is 0.00661. The number of piperidine rings is 1. The summed E-state index contributed by atoms with van der Waals surface area (Å²) in [6.07, 6.45) is 4.48. The average Bonchev–Trinajstić information content (AvgIpc) is 3.21. The van der Waals surface area contributed by atoms with Crippen molar-refractivity contribution in [1.29, 1.82) is 0 Å². The van der Waals surface area contributed by atoms with Crippen molar-refractivity contribution in [3.8, 4) is 0 Å². The molecule has 2 fully saturated rings. The molecule has 1 aromatic heterocycles. The maximum atomic E-state index is 12.5. The SMILES string of the molecule is CC(C)C1CCN(C(=O)c2n[nH]c(C3CC3)c2N)CC1. The van der Waals surface area contributed by atoms with E-state index in [2.05, 4.69) is 24.0 Å². The number of nitrogen functional groups attached to an aromatic ring is 1. The van der Waals surface area contributed by atoms with Gasteiger partial charge in [0.1, 0.15) is 0 Å². The molecule has 3 rings (SSSR count). The van der Waals surface area contributed by atoms with Crippen molar-refractivity contribution in [2.24, 2.45) is 11.8 Å². The topological polar surface area (TPSA) is 75.0 Å². The first-order valence-electron chi connectivity index (χ1n) is 7.71. The van der Waals surface area contributed by atoms with Crippen molar-refractivity contribution >= 4 is 11.6 Å². The quantitative estimate of drug-likeness (QED) is 0.890. The van der Waals surface area contributed by atoms with Gasteiger partial charge >= 0.3 is 0 Å². The molecule has 5 nitrogen and oxygen atoms in total. The van der Waals surface area contributed by atoms with Gasteiger partial charge in [-0.2, -0.15) is 5.10 Å². The lowest BCUT2D eigenvalue weighted by Gasteiger charge is -2.33. The summed E-state index contributed by atoms with van der Waals surface area (Å²) < 4.78 is 0. The smallest absolute Gasteiger partial charge is 0.276 e. The Morgan fingerprint density at radius 1 is 1.30 bits per heavy atom. The highest BCUT2D eigenvalue weighted by Crippen LogP contribution is 2.42. The second-order valence-corrected chi connectivity index (χ2v) is 6.55. The first kappa shape index (κ1) is 13.5. The van der Waals surface area contributed by atoms with Crippen LogP contribution in [0.15, 0.2) is 0 Å². The summed E-state index contributed by atoms with van der Waals surface area (Å²) in [5.74, 6) is 1.92. The lowest BCUT2D eigenvalue weighted by atomic mass is 9.86. The van der Waals surface area contributed by atoms with Crippen LogP contribution in [0.3, 0.4) is 0 Å². The van der Waals surface area contributed by atoms with E-state index in [1.165, 1.54) is 0 Å². The number of amides is 1. The van der Waals surface area contributed by atoms with Crippen molar-refractivity contribution < 1.29 is 4.79 Å². The van der Waals surface area contributed by atoms with E-state index >= 15 is 0 Å². The van der Waals surface area contributed by atoms with Crippen molar-refractivity contribution in [2.75, 3.05) is 18.8 Å². The number of carbonyl (C=O) groups excluding carboxylic acids is 1. The van der Waals surface area contributed by atoms with Crippen LogP contribution < -0.4 is 5.73 Å². The fourth-order valence-electron chi connectivity index (χ4n) is 3.13. The fourth-order valence-corrected chi connectivity index (χ4v) is 3.13. The third-order valence-electron chi connectivity index (χ3n) is 4.79. The van der Waals surface area contributed by atoms with Crippen molar-refractivity contribution in [2.45, 2.75) is 45.4 Å². The summed E-state index contributed by atoms with van der Waals surface area (Å²) in [5, 5.41) is 7.13. The molecule has 0 atom stereocenters. The molecular weight excluding hydrogens is 252 g/mol. The van der Waals surface area contributed by atoms with Gasteiger partial charge in [0, 0.05) is 19.0 Å². The van der Waals surface area contributed by atoms with E-state index in [9.17, 15) is 4.79 Å². The molecule has 2 heterocycles. The number of nitrogens with one attached hydrogen (secondary N) is 1. The highest BCUT2D eigenvalue weighted by Gasteiger charge is 2.32. The van der Waals surface area contributed by atoms with Crippen LogP contribution in [-0.2, 0) is 0 Å². The largest absolute Gasteiger partial charge is 0.395 e. The Balaban J connectivity index is 1.67. The molecule has 1 saturated carbocycles. The van der Waals surface area contributed by atoms with Gasteiger partial charge < -0.3 is 10.6 Å². The van der Waals surface area contributed by atoms with Crippen molar-refractivity contribution in [3.63, 3.8) is 0 Å². The van der Waals surface area contributed by atoms with Gasteiger partial charge in [-0.15, -0.1) is 0 Å². The van der Waals surface area contributed by atoms with Crippen LogP contribution in [0, 0.1) is 11.8 Å².